The van der Waals surface area contributed by atoms with E-state index < -0.39 is 0 Å². The van der Waals surface area contributed by atoms with Gasteiger partial charge in [-0.05, 0) is 35.2 Å². The van der Waals surface area contributed by atoms with Gasteiger partial charge in [0.15, 0.2) is 0 Å². The first-order valence-electron chi connectivity index (χ1n) is 7.55. The second-order valence-corrected chi connectivity index (χ2v) is 5.21. The molecule has 2 aromatic carbocycles. The third kappa shape index (κ3) is 4.55. The van der Waals surface area contributed by atoms with Gasteiger partial charge in [-0.3, -0.25) is 0 Å². The molecule has 0 nitrogen and oxygen atoms in total. The minimum atomic E-state index is 1.20. The standard InChI is InChI=1S/C19H24/c1-2-3-4-5-6-7-8-11-17-14-15-18-12-9-10-13-19(18)16-17/h8-16H,2-7H2,1H3/b11-8-. The third-order valence-corrected chi connectivity index (χ3v) is 3.56. The zero-order valence-electron chi connectivity index (χ0n) is 11.9. The maximum absolute atomic E-state index is 2.32. The van der Waals surface area contributed by atoms with Crippen molar-refractivity contribution in [2.24, 2.45) is 0 Å². The van der Waals surface area contributed by atoms with Gasteiger partial charge in [-0.1, -0.05) is 81.2 Å². The van der Waals surface area contributed by atoms with E-state index in [4.69, 9.17) is 0 Å². The number of unbranched alkanes of at least 4 members (excludes halogenated alkanes) is 5. The Kier molecular flexibility index (Phi) is 5.68. The Morgan fingerprint density at radius 1 is 0.842 bits per heavy atom. The zero-order valence-corrected chi connectivity index (χ0v) is 11.9. The molecule has 0 radical (unpaired) electrons. The molecule has 0 aliphatic rings. The fraction of sp³-hybridized carbons (Fsp3) is 0.368. The third-order valence-electron chi connectivity index (χ3n) is 3.56. The number of allylic oxidation sites excluding steroid dienone is 1. The Morgan fingerprint density at radius 2 is 1.63 bits per heavy atom. The number of rotatable bonds is 7. The predicted molar refractivity (Wildman–Crippen MR) is 86.4 cm³/mol. The van der Waals surface area contributed by atoms with Crippen LogP contribution in [0.4, 0.5) is 0 Å². The second kappa shape index (κ2) is 7.78. The molecule has 0 aliphatic heterocycles. The van der Waals surface area contributed by atoms with Crippen LogP contribution in [0.3, 0.4) is 0 Å². The van der Waals surface area contributed by atoms with Gasteiger partial charge >= 0.3 is 0 Å². The summed E-state index contributed by atoms with van der Waals surface area (Å²) in [7, 11) is 0. The summed E-state index contributed by atoms with van der Waals surface area (Å²) in [6, 6.07) is 15.2. The second-order valence-electron chi connectivity index (χ2n) is 5.21. The molecule has 0 N–H and O–H groups in total. The summed E-state index contributed by atoms with van der Waals surface area (Å²) < 4.78 is 0. The molecule has 0 saturated carbocycles. The molecule has 0 bridgehead atoms. The van der Waals surface area contributed by atoms with E-state index in [0.29, 0.717) is 0 Å². The van der Waals surface area contributed by atoms with Crippen LogP contribution in [0, 0.1) is 0 Å². The summed E-state index contributed by atoms with van der Waals surface area (Å²) in [6.45, 7) is 2.26. The van der Waals surface area contributed by atoms with Crippen LogP contribution in [-0.4, -0.2) is 0 Å². The van der Waals surface area contributed by atoms with Gasteiger partial charge in [0.1, 0.15) is 0 Å². The van der Waals surface area contributed by atoms with Crippen LogP contribution < -0.4 is 0 Å². The lowest BCUT2D eigenvalue weighted by atomic mass is 10.1. The normalized spacial score (nSPS) is 11.4. The van der Waals surface area contributed by atoms with E-state index in [1.54, 1.807) is 0 Å². The topological polar surface area (TPSA) is 0 Å². The maximum Gasteiger partial charge on any atom is -0.0178 e. The fourth-order valence-corrected chi connectivity index (χ4v) is 2.40. The van der Waals surface area contributed by atoms with Gasteiger partial charge in [0.25, 0.3) is 0 Å². The number of hydrogen-bond acceptors (Lipinski definition) is 0. The Balaban J connectivity index is 1.83. The first-order chi connectivity index (χ1) is 9.40. The molecule has 0 saturated heterocycles. The Bertz CT molecular complexity index is 522. The minimum absolute atomic E-state index is 1.20. The van der Waals surface area contributed by atoms with Crippen LogP contribution >= 0.6 is 0 Å². The van der Waals surface area contributed by atoms with Gasteiger partial charge in [-0.15, -0.1) is 0 Å². The van der Waals surface area contributed by atoms with E-state index in [9.17, 15) is 0 Å². The average molecular weight is 252 g/mol. The summed E-state index contributed by atoms with van der Waals surface area (Å²) in [5.74, 6) is 0. The molecule has 100 valence electrons. The van der Waals surface area contributed by atoms with Gasteiger partial charge in [-0.2, -0.15) is 0 Å². The highest BCUT2D eigenvalue weighted by atomic mass is 14.0. The van der Waals surface area contributed by atoms with E-state index in [-0.39, 0.29) is 0 Å². The van der Waals surface area contributed by atoms with Crippen LogP contribution in [0.15, 0.2) is 48.5 Å². The number of fused-ring (bicyclic) bond motifs is 1. The monoisotopic (exact) mass is 252 g/mol. The first kappa shape index (κ1) is 13.9. The van der Waals surface area contributed by atoms with E-state index >= 15 is 0 Å². The molecule has 0 heteroatoms. The molecule has 0 spiro atoms. The van der Waals surface area contributed by atoms with E-state index in [2.05, 4.69) is 61.5 Å². The summed E-state index contributed by atoms with van der Waals surface area (Å²) >= 11 is 0. The summed E-state index contributed by atoms with van der Waals surface area (Å²) in [5, 5.41) is 2.65. The molecule has 0 unspecified atom stereocenters. The van der Waals surface area contributed by atoms with Crippen molar-refractivity contribution in [2.75, 3.05) is 0 Å². The van der Waals surface area contributed by atoms with Crippen molar-refractivity contribution in [2.45, 2.75) is 45.4 Å². The lowest BCUT2D eigenvalue weighted by molar-refractivity contribution is 0.638. The Morgan fingerprint density at radius 3 is 2.47 bits per heavy atom. The van der Waals surface area contributed by atoms with Gasteiger partial charge in [0.2, 0.25) is 0 Å². The fourth-order valence-electron chi connectivity index (χ4n) is 2.40. The molecule has 0 fully saturated rings. The van der Waals surface area contributed by atoms with Crippen molar-refractivity contribution < 1.29 is 0 Å². The largest absolute Gasteiger partial charge is 0.0839 e. The summed E-state index contributed by atoms with van der Waals surface area (Å²) in [5.41, 5.74) is 1.31. The molecule has 0 aliphatic carbocycles. The van der Waals surface area contributed by atoms with Gasteiger partial charge < -0.3 is 0 Å². The number of benzene rings is 2. The highest BCUT2D eigenvalue weighted by Gasteiger charge is 1.92. The summed E-state index contributed by atoms with van der Waals surface area (Å²) in [6.07, 6.45) is 12.6. The van der Waals surface area contributed by atoms with Crippen LogP contribution in [0.5, 0.6) is 0 Å². The van der Waals surface area contributed by atoms with Crippen LogP contribution in [0.2, 0.25) is 0 Å². The molecule has 0 atom stereocenters. The molecule has 0 heterocycles. The SMILES string of the molecule is CCCCCCC/C=C\c1ccc2ccccc2c1. The summed E-state index contributed by atoms with van der Waals surface area (Å²) in [4.78, 5) is 0. The van der Waals surface area contributed by atoms with Crippen molar-refractivity contribution in [3.63, 3.8) is 0 Å². The van der Waals surface area contributed by atoms with Gasteiger partial charge in [0, 0.05) is 0 Å². The molecule has 2 rings (SSSR count). The molecule has 0 aromatic heterocycles. The van der Waals surface area contributed by atoms with Crippen LogP contribution in [0.1, 0.15) is 51.0 Å². The van der Waals surface area contributed by atoms with Crippen molar-refractivity contribution in [3.8, 4) is 0 Å². The van der Waals surface area contributed by atoms with Crippen LogP contribution in [0.25, 0.3) is 16.8 Å². The average Bonchev–Trinajstić information content (AvgIpc) is 2.46. The lowest BCUT2D eigenvalue weighted by Crippen LogP contribution is -1.77. The van der Waals surface area contributed by atoms with Crippen molar-refractivity contribution in [3.05, 3.63) is 54.1 Å². The van der Waals surface area contributed by atoms with Crippen LogP contribution in [-0.2, 0) is 0 Å². The van der Waals surface area contributed by atoms with Gasteiger partial charge in [-0.25, -0.2) is 0 Å². The highest BCUT2D eigenvalue weighted by Crippen LogP contribution is 2.17. The predicted octanol–water partition coefficient (Wildman–Crippen LogP) is 6.21. The van der Waals surface area contributed by atoms with Crippen molar-refractivity contribution in [1.29, 1.82) is 0 Å². The smallest absolute Gasteiger partial charge is 0.0178 e. The van der Waals surface area contributed by atoms with E-state index in [0.717, 1.165) is 0 Å². The molecule has 2 aromatic rings. The zero-order chi connectivity index (χ0) is 13.3. The van der Waals surface area contributed by atoms with Crippen molar-refractivity contribution in [1.82, 2.24) is 0 Å². The molecular weight excluding hydrogens is 228 g/mol. The Hall–Kier alpha value is -1.56. The van der Waals surface area contributed by atoms with E-state index in [1.807, 2.05) is 0 Å². The Labute approximate surface area is 117 Å². The quantitative estimate of drug-likeness (QED) is 0.514. The number of hydrogen-bond donors (Lipinski definition) is 0. The maximum atomic E-state index is 2.32. The minimum Gasteiger partial charge on any atom is -0.0839 e. The molecule has 0 amide bonds. The van der Waals surface area contributed by atoms with E-state index in [1.165, 1.54) is 54.9 Å². The highest BCUT2D eigenvalue weighted by molar-refractivity contribution is 5.84. The lowest BCUT2D eigenvalue weighted by Gasteiger charge is -1.99. The first-order valence-corrected chi connectivity index (χ1v) is 7.55. The molecule has 19 heavy (non-hydrogen) atoms. The van der Waals surface area contributed by atoms with Crippen molar-refractivity contribution >= 4 is 16.8 Å². The molecular formula is C19H24. The van der Waals surface area contributed by atoms with Gasteiger partial charge in [0.05, 0.1) is 0 Å².